The molecule has 0 spiro atoms. The highest BCUT2D eigenvalue weighted by atomic mass is 19.4. The van der Waals surface area contributed by atoms with E-state index in [0.29, 0.717) is 62.4 Å². The number of carbonyl (C=O) groups excluding carboxylic acids is 3. The number of aliphatic carboxylic acids is 1. The highest BCUT2D eigenvalue weighted by Crippen LogP contribution is 2.33. The third-order valence-corrected chi connectivity index (χ3v) is 10.6. The second-order valence-corrected chi connectivity index (χ2v) is 15.3. The first kappa shape index (κ1) is 45.4. The molecule has 62 heavy (non-hydrogen) atoms. The summed E-state index contributed by atoms with van der Waals surface area (Å²) in [5.41, 5.74) is 2.33. The van der Waals surface area contributed by atoms with Gasteiger partial charge < -0.3 is 24.5 Å². The van der Waals surface area contributed by atoms with Crippen LogP contribution < -0.4 is 20.3 Å². The van der Waals surface area contributed by atoms with Crippen LogP contribution in [0.15, 0.2) is 60.3 Å². The molecular weight excluding hydrogens is 833 g/mol. The number of hydrogen-bond donors (Lipinski definition) is 3. The number of pyridine rings is 3. The van der Waals surface area contributed by atoms with Crippen molar-refractivity contribution in [2.75, 3.05) is 42.9 Å². The normalized spacial score (nSPS) is 17.8. The number of alkyl halides is 5. The van der Waals surface area contributed by atoms with Gasteiger partial charge in [-0.1, -0.05) is 6.07 Å². The molecule has 0 saturated carbocycles. The SMILES string of the molecule is CC(C)Oc1cc2nc(C3CCN(CC(F)=C4CCN(c5ncc(C6CCC(=O)NC6=O)cc5F)CC4)CC3)cn2cc1C(=O)Nc1cccc(C(F)F)n1.O=C(O)C(F)(F)F. The standard InChI is InChI=1S/C39H42F4N8O4.C2HF3O2/c1-22(2)55-32-17-34-46-31(21-51(34)19-27(32)39(54)47-33-5-3-4-30(45-33)36(42)43)24-8-12-49(13-9-24)20-29(41)23-10-14-50(15-11-23)37-28(40)16-25(18-44-37)26-6-7-35(52)48-38(26)53;3-2(4,5)1(6)7/h3-5,16-19,21-22,24,26,36H,6-15,20H2,1-2H3,(H,45,47,54)(H,48,52,53);(H,6,7). The molecule has 0 aromatic carbocycles. The number of amides is 3. The molecule has 0 radical (unpaired) electrons. The fourth-order valence-corrected chi connectivity index (χ4v) is 7.42. The van der Waals surface area contributed by atoms with Crippen LogP contribution in [0.5, 0.6) is 5.75 Å². The number of piperidine rings is 3. The number of fused-ring (bicyclic) bond motifs is 1. The van der Waals surface area contributed by atoms with Crippen molar-refractivity contribution >= 4 is 41.0 Å². The molecular formula is C41H43F7N8O6. The number of nitrogens with one attached hydrogen (secondary N) is 2. The van der Waals surface area contributed by atoms with Gasteiger partial charge in [0.1, 0.15) is 28.7 Å². The monoisotopic (exact) mass is 876 g/mol. The van der Waals surface area contributed by atoms with Gasteiger partial charge in [-0.3, -0.25) is 24.6 Å². The lowest BCUT2D eigenvalue weighted by molar-refractivity contribution is -0.192. The number of hydrogen-bond acceptors (Lipinski definition) is 10. The van der Waals surface area contributed by atoms with E-state index in [2.05, 4.69) is 25.5 Å². The molecule has 7 rings (SSSR count). The number of rotatable bonds is 10. The maximum atomic E-state index is 15.6. The van der Waals surface area contributed by atoms with Gasteiger partial charge in [-0.25, -0.2) is 37.3 Å². The number of halogens is 7. The summed E-state index contributed by atoms with van der Waals surface area (Å²) >= 11 is 0. The number of carboxylic acids is 1. The van der Waals surface area contributed by atoms with Crippen LogP contribution in [0.2, 0.25) is 0 Å². The molecule has 14 nitrogen and oxygen atoms in total. The zero-order valence-corrected chi connectivity index (χ0v) is 33.5. The number of imidazole rings is 1. The summed E-state index contributed by atoms with van der Waals surface area (Å²) in [6.07, 6.45) is -0.231. The first-order valence-electron chi connectivity index (χ1n) is 19.7. The van der Waals surface area contributed by atoms with Gasteiger partial charge in [0, 0.05) is 50.1 Å². The first-order valence-corrected chi connectivity index (χ1v) is 19.7. The molecule has 1 unspecified atom stereocenters. The third-order valence-electron chi connectivity index (χ3n) is 10.6. The van der Waals surface area contributed by atoms with Crippen LogP contribution in [-0.2, 0) is 14.4 Å². The maximum Gasteiger partial charge on any atom is 0.490 e. The lowest BCUT2D eigenvalue weighted by Gasteiger charge is -2.33. The van der Waals surface area contributed by atoms with Gasteiger partial charge in [-0.15, -0.1) is 0 Å². The molecule has 21 heteroatoms. The van der Waals surface area contributed by atoms with Crippen molar-refractivity contribution in [2.45, 2.75) is 82.9 Å². The molecule has 3 amide bonds. The third kappa shape index (κ3) is 11.2. The van der Waals surface area contributed by atoms with Crippen molar-refractivity contribution in [3.63, 3.8) is 0 Å². The summed E-state index contributed by atoms with van der Waals surface area (Å²) in [7, 11) is 0. The number of carbonyl (C=O) groups is 4. The molecule has 0 aliphatic carbocycles. The van der Waals surface area contributed by atoms with Gasteiger partial charge in [0.05, 0.1) is 29.8 Å². The molecule has 4 aromatic rings. The van der Waals surface area contributed by atoms with Crippen LogP contribution in [-0.4, -0.2) is 98.1 Å². The number of imide groups is 1. The number of nitrogens with zero attached hydrogens (tertiary/aromatic N) is 6. The quantitative estimate of drug-likeness (QED) is 0.110. The van der Waals surface area contributed by atoms with Crippen molar-refractivity contribution in [1.82, 2.24) is 29.6 Å². The Balaban J connectivity index is 0.000000845. The van der Waals surface area contributed by atoms with Gasteiger partial charge in [0.15, 0.2) is 11.6 Å². The van der Waals surface area contributed by atoms with Gasteiger partial charge >= 0.3 is 12.1 Å². The van der Waals surface area contributed by atoms with E-state index >= 15 is 8.78 Å². The van der Waals surface area contributed by atoms with Crippen LogP contribution in [0.4, 0.5) is 42.4 Å². The summed E-state index contributed by atoms with van der Waals surface area (Å²) in [6.45, 7) is 6.02. The van der Waals surface area contributed by atoms with E-state index in [1.165, 1.54) is 30.5 Å². The molecule has 3 aliphatic heterocycles. The average molecular weight is 877 g/mol. The molecule has 4 aromatic heterocycles. The molecule has 3 saturated heterocycles. The highest BCUT2D eigenvalue weighted by molar-refractivity contribution is 6.06. The molecule has 7 heterocycles. The first-order chi connectivity index (χ1) is 29.4. The average Bonchev–Trinajstić information content (AvgIpc) is 3.63. The van der Waals surface area contributed by atoms with Crippen molar-refractivity contribution in [1.29, 1.82) is 0 Å². The molecule has 3 aliphatic rings. The van der Waals surface area contributed by atoms with Gasteiger partial charge in [0.25, 0.3) is 12.3 Å². The van der Waals surface area contributed by atoms with Gasteiger partial charge in [-0.2, -0.15) is 13.2 Å². The largest absolute Gasteiger partial charge is 0.490 e. The zero-order chi connectivity index (χ0) is 44.9. The van der Waals surface area contributed by atoms with Crippen molar-refractivity contribution in [3.8, 4) is 5.75 Å². The van der Waals surface area contributed by atoms with Crippen LogP contribution >= 0.6 is 0 Å². The molecule has 1 atom stereocenters. The summed E-state index contributed by atoms with van der Waals surface area (Å²) in [6, 6.07) is 7.02. The fraction of sp³-hybridized carbons (Fsp3) is 0.439. The Bertz CT molecular complexity index is 2340. The summed E-state index contributed by atoms with van der Waals surface area (Å²) < 4.78 is 96.5. The Labute approximate surface area is 350 Å². The molecule has 332 valence electrons. The second kappa shape index (κ2) is 19.3. The van der Waals surface area contributed by atoms with Crippen LogP contribution in [0.25, 0.3) is 5.65 Å². The Kier molecular flexibility index (Phi) is 14.1. The topological polar surface area (TPSA) is 171 Å². The maximum absolute atomic E-state index is 15.6. The number of carboxylic acid groups (broad SMARTS) is 1. The van der Waals surface area contributed by atoms with Crippen molar-refractivity contribution in [2.24, 2.45) is 0 Å². The van der Waals surface area contributed by atoms with Crippen molar-refractivity contribution in [3.05, 3.63) is 88.7 Å². The van der Waals surface area contributed by atoms with E-state index in [1.54, 1.807) is 21.6 Å². The number of ether oxygens (including phenoxy) is 1. The Morgan fingerprint density at radius 2 is 1.69 bits per heavy atom. The summed E-state index contributed by atoms with van der Waals surface area (Å²) in [4.78, 5) is 62.8. The minimum atomic E-state index is -5.08. The fourth-order valence-electron chi connectivity index (χ4n) is 7.42. The Morgan fingerprint density at radius 3 is 2.31 bits per heavy atom. The minimum absolute atomic E-state index is 0.00245. The highest BCUT2D eigenvalue weighted by Gasteiger charge is 2.38. The number of likely N-dealkylation sites (tertiary alicyclic amines) is 1. The van der Waals surface area contributed by atoms with Gasteiger partial charge in [-0.05, 0) is 88.4 Å². The number of aromatic nitrogens is 4. The van der Waals surface area contributed by atoms with Crippen LogP contribution in [0, 0.1) is 5.82 Å². The van der Waals surface area contributed by atoms with Crippen LogP contribution in [0.1, 0.15) is 97.9 Å². The van der Waals surface area contributed by atoms with Crippen LogP contribution in [0.3, 0.4) is 0 Å². The minimum Gasteiger partial charge on any atom is -0.490 e. The van der Waals surface area contributed by atoms with Crippen molar-refractivity contribution < 1.29 is 59.8 Å². The number of anilines is 2. The Morgan fingerprint density at radius 1 is 1.00 bits per heavy atom. The zero-order valence-electron chi connectivity index (χ0n) is 33.5. The van der Waals surface area contributed by atoms with E-state index in [0.717, 1.165) is 24.1 Å². The lowest BCUT2D eigenvalue weighted by Crippen LogP contribution is -2.39. The Hall–Kier alpha value is -6.12. The smallest absolute Gasteiger partial charge is 0.490 e. The molecule has 3 fully saturated rings. The predicted octanol–water partition coefficient (Wildman–Crippen LogP) is 7.10. The molecule has 0 bridgehead atoms. The molecule has 3 N–H and O–H groups in total. The van der Waals surface area contributed by atoms with E-state index < -0.39 is 47.8 Å². The van der Waals surface area contributed by atoms with E-state index in [4.69, 9.17) is 19.6 Å². The van der Waals surface area contributed by atoms with E-state index in [-0.39, 0.29) is 53.9 Å². The summed E-state index contributed by atoms with van der Waals surface area (Å²) in [5, 5.41) is 12.0. The van der Waals surface area contributed by atoms with E-state index in [1.807, 2.05) is 20.0 Å². The predicted molar refractivity (Wildman–Crippen MR) is 209 cm³/mol. The summed E-state index contributed by atoms with van der Waals surface area (Å²) in [5.74, 6) is -4.85. The lowest BCUT2D eigenvalue weighted by atomic mass is 9.91. The second-order valence-electron chi connectivity index (χ2n) is 15.3. The van der Waals surface area contributed by atoms with E-state index in [9.17, 15) is 36.3 Å². The van der Waals surface area contributed by atoms with Gasteiger partial charge in [0.2, 0.25) is 11.8 Å².